The Kier molecular flexibility index (Phi) is 6.52. The summed E-state index contributed by atoms with van der Waals surface area (Å²) in [5.41, 5.74) is 2.25. The third-order valence-corrected chi connectivity index (χ3v) is 5.81. The number of thiophene rings is 1. The zero-order valence-electron chi connectivity index (χ0n) is 16.8. The van der Waals surface area contributed by atoms with Crippen LogP contribution < -0.4 is 0 Å². The molecule has 0 N–H and O–H groups in total. The molecule has 2 heterocycles. The Balaban J connectivity index is 1.96. The second-order valence-corrected chi connectivity index (χ2v) is 8.23. The van der Waals surface area contributed by atoms with Gasteiger partial charge in [-0.3, -0.25) is 9.59 Å². The van der Waals surface area contributed by atoms with E-state index in [1.54, 1.807) is 35.2 Å². The summed E-state index contributed by atoms with van der Waals surface area (Å²) in [6.45, 7) is 3.19. The number of hydrogen-bond donors (Lipinski definition) is 0. The number of hydrogen-bond acceptors (Lipinski definition) is 4. The number of rotatable bonds is 6. The van der Waals surface area contributed by atoms with Gasteiger partial charge in [0.2, 0.25) is 5.91 Å². The van der Waals surface area contributed by atoms with E-state index in [2.05, 4.69) is 22.9 Å². The monoisotopic (exact) mass is 400 g/mol. The summed E-state index contributed by atoms with van der Waals surface area (Å²) in [6, 6.07) is 10.2. The van der Waals surface area contributed by atoms with Gasteiger partial charge in [0, 0.05) is 33.5 Å². The number of morpholine rings is 1. The zero-order valence-corrected chi connectivity index (χ0v) is 17.6. The Morgan fingerprint density at radius 2 is 2.04 bits per heavy atom. The number of amides is 2. The quantitative estimate of drug-likeness (QED) is 0.746. The lowest BCUT2D eigenvalue weighted by Gasteiger charge is -2.43. The highest BCUT2D eigenvalue weighted by Gasteiger charge is 2.46. The number of nitrogens with zero attached hydrogens (tertiary/aromatic N) is 2. The van der Waals surface area contributed by atoms with Crippen molar-refractivity contribution in [2.45, 2.75) is 31.8 Å². The Morgan fingerprint density at radius 1 is 1.25 bits per heavy atom. The maximum absolute atomic E-state index is 13.2. The molecule has 0 bridgehead atoms. The van der Waals surface area contributed by atoms with Crippen LogP contribution in [0.25, 0.3) is 11.1 Å². The van der Waals surface area contributed by atoms with Gasteiger partial charge in [0.15, 0.2) is 5.60 Å². The van der Waals surface area contributed by atoms with E-state index in [1.807, 2.05) is 25.1 Å². The fourth-order valence-corrected chi connectivity index (χ4v) is 4.43. The second-order valence-electron chi connectivity index (χ2n) is 7.45. The first-order valence-corrected chi connectivity index (χ1v) is 10.6. The van der Waals surface area contributed by atoms with Crippen LogP contribution in [-0.2, 0) is 20.7 Å². The zero-order chi connectivity index (χ0) is 20.1. The van der Waals surface area contributed by atoms with Crippen LogP contribution in [0.15, 0.2) is 41.1 Å². The van der Waals surface area contributed by atoms with E-state index in [1.165, 1.54) is 0 Å². The largest absolute Gasteiger partial charge is 0.361 e. The van der Waals surface area contributed by atoms with Gasteiger partial charge in [-0.1, -0.05) is 31.2 Å². The van der Waals surface area contributed by atoms with Gasteiger partial charge in [-0.25, -0.2) is 0 Å². The standard InChI is InChI=1S/C22H28N2O3S/c1-4-7-20(25)24-11-12-27-22(16-24,21(26)23(2)3)14-17-8-5-6-9-19(17)18-10-13-28-15-18/h5-6,8-10,13,15H,4,7,11-12,14,16H2,1-3H3. The van der Waals surface area contributed by atoms with E-state index in [-0.39, 0.29) is 11.8 Å². The van der Waals surface area contributed by atoms with Crippen molar-refractivity contribution in [1.29, 1.82) is 0 Å². The molecule has 3 rings (SSSR count). The SMILES string of the molecule is CCCC(=O)N1CCOC(Cc2ccccc2-c2ccsc2)(C(=O)N(C)C)C1. The lowest BCUT2D eigenvalue weighted by molar-refractivity contribution is -0.172. The van der Waals surface area contributed by atoms with Crippen molar-refractivity contribution in [3.63, 3.8) is 0 Å². The van der Waals surface area contributed by atoms with Gasteiger partial charge in [-0.2, -0.15) is 11.3 Å². The Hall–Kier alpha value is -2.18. The molecule has 150 valence electrons. The molecule has 1 unspecified atom stereocenters. The molecule has 1 fully saturated rings. The third kappa shape index (κ3) is 4.28. The molecule has 2 aromatic rings. The minimum Gasteiger partial charge on any atom is -0.361 e. The van der Waals surface area contributed by atoms with Gasteiger partial charge in [-0.05, 0) is 39.9 Å². The van der Waals surface area contributed by atoms with Gasteiger partial charge in [0.1, 0.15) is 0 Å². The highest BCUT2D eigenvalue weighted by molar-refractivity contribution is 7.08. The molecule has 1 aliphatic heterocycles. The number of benzene rings is 1. The van der Waals surface area contributed by atoms with Crippen molar-refractivity contribution >= 4 is 23.2 Å². The van der Waals surface area contributed by atoms with E-state index in [4.69, 9.17) is 4.74 Å². The summed E-state index contributed by atoms with van der Waals surface area (Å²) < 4.78 is 6.14. The lowest BCUT2D eigenvalue weighted by Crippen LogP contribution is -2.61. The molecule has 1 atom stereocenters. The van der Waals surface area contributed by atoms with Crippen molar-refractivity contribution in [1.82, 2.24) is 9.80 Å². The summed E-state index contributed by atoms with van der Waals surface area (Å²) >= 11 is 1.65. The minimum absolute atomic E-state index is 0.0906. The topological polar surface area (TPSA) is 49.9 Å². The van der Waals surface area contributed by atoms with Crippen LogP contribution in [-0.4, -0.2) is 61.0 Å². The van der Waals surface area contributed by atoms with Crippen LogP contribution >= 0.6 is 11.3 Å². The summed E-state index contributed by atoms with van der Waals surface area (Å²) in [4.78, 5) is 29.1. The second kappa shape index (κ2) is 8.88. The van der Waals surface area contributed by atoms with Crippen LogP contribution in [0.5, 0.6) is 0 Å². The highest BCUT2D eigenvalue weighted by Crippen LogP contribution is 2.32. The molecule has 6 heteroatoms. The van der Waals surface area contributed by atoms with Gasteiger partial charge < -0.3 is 14.5 Å². The van der Waals surface area contributed by atoms with Crippen LogP contribution in [0.2, 0.25) is 0 Å². The Bertz CT molecular complexity index is 819. The van der Waals surface area contributed by atoms with Crippen molar-refractivity contribution in [3.8, 4) is 11.1 Å². The molecule has 1 aliphatic rings. The van der Waals surface area contributed by atoms with Crippen LogP contribution in [0.1, 0.15) is 25.3 Å². The molecular formula is C22H28N2O3S. The number of likely N-dealkylation sites (N-methyl/N-ethyl adjacent to an activating group) is 1. The van der Waals surface area contributed by atoms with Gasteiger partial charge in [0.25, 0.3) is 5.91 Å². The first kappa shape index (κ1) is 20.6. The lowest BCUT2D eigenvalue weighted by atomic mass is 9.87. The maximum atomic E-state index is 13.2. The van der Waals surface area contributed by atoms with E-state index in [0.29, 0.717) is 32.5 Å². The number of carbonyl (C=O) groups is 2. The molecule has 0 radical (unpaired) electrons. The molecule has 0 spiro atoms. The summed E-state index contributed by atoms with van der Waals surface area (Å²) in [5, 5.41) is 4.16. The van der Waals surface area contributed by atoms with Gasteiger partial charge >= 0.3 is 0 Å². The first-order valence-electron chi connectivity index (χ1n) is 9.71. The first-order chi connectivity index (χ1) is 13.5. The number of ether oxygens (including phenoxy) is 1. The minimum atomic E-state index is -1.06. The van der Waals surface area contributed by atoms with Crippen LogP contribution in [0, 0.1) is 0 Å². The molecular weight excluding hydrogens is 372 g/mol. The van der Waals surface area contributed by atoms with Gasteiger partial charge in [-0.15, -0.1) is 0 Å². The fourth-order valence-electron chi connectivity index (χ4n) is 3.77. The van der Waals surface area contributed by atoms with Crippen molar-refractivity contribution < 1.29 is 14.3 Å². The van der Waals surface area contributed by atoms with E-state index >= 15 is 0 Å². The van der Waals surface area contributed by atoms with E-state index < -0.39 is 5.60 Å². The average molecular weight is 401 g/mol. The summed E-state index contributed by atoms with van der Waals surface area (Å²) in [6.07, 6.45) is 1.73. The number of carbonyl (C=O) groups excluding carboxylic acids is 2. The van der Waals surface area contributed by atoms with Crippen molar-refractivity contribution in [3.05, 3.63) is 46.7 Å². The molecule has 1 saturated heterocycles. The maximum Gasteiger partial charge on any atom is 0.256 e. The summed E-state index contributed by atoms with van der Waals surface area (Å²) in [5.74, 6) is -0.00512. The molecule has 2 amide bonds. The molecule has 0 saturated carbocycles. The predicted molar refractivity (Wildman–Crippen MR) is 112 cm³/mol. The fraction of sp³-hybridized carbons (Fsp3) is 0.455. The third-order valence-electron chi connectivity index (χ3n) is 5.12. The molecule has 1 aromatic carbocycles. The average Bonchev–Trinajstić information content (AvgIpc) is 3.22. The smallest absolute Gasteiger partial charge is 0.256 e. The highest BCUT2D eigenvalue weighted by atomic mass is 32.1. The van der Waals surface area contributed by atoms with Crippen molar-refractivity contribution in [2.24, 2.45) is 0 Å². The summed E-state index contributed by atoms with van der Waals surface area (Å²) in [7, 11) is 3.48. The Morgan fingerprint density at radius 3 is 2.71 bits per heavy atom. The Labute approximate surface area is 170 Å². The molecule has 28 heavy (non-hydrogen) atoms. The molecule has 5 nitrogen and oxygen atoms in total. The normalized spacial score (nSPS) is 19.5. The van der Waals surface area contributed by atoms with Crippen LogP contribution in [0.4, 0.5) is 0 Å². The van der Waals surface area contributed by atoms with Gasteiger partial charge in [0.05, 0.1) is 13.2 Å². The predicted octanol–water partition coefficient (Wildman–Crippen LogP) is 3.44. The molecule has 0 aliphatic carbocycles. The van der Waals surface area contributed by atoms with E-state index in [0.717, 1.165) is 23.1 Å². The molecule has 1 aromatic heterocycles. The van der Waals surface area contributed by atoms with E-state index in [9.17, 15) is 9.59 Å². The van der Waals surface area contributed by atoms with Crippen molar-refractivity contribution in [2.75, 3.05) is 33.8 Å². The van der Waals surface area contributed by atoms with Crippen LogP contribution in [0.3, 0.4) is 0 Å².